The maximum Gasteiger partial charge on any atom is 0.338 e. The Hall–Kier alpha value is -3.45. The molecule has 0 aromatic heterocycles. The van der Waals surface area contributed by atoms with Gasteiger partial charge >= 0.3 is 11.9 Å². The minimum Gasteiger partial charge on any atom is -0.454 e. The van der Waals surface area contributed by atoms with Crippen LogP contribution in [0.15, 0.2) is 103 Å². The van der Waals surface area contributed by atoms with Gasteiger partial charge in [-0.1, -0.05) is 72.8 Å². The van der Waals surface area contributed by atoms with E-state index in [1.165, 1.54) is 0 Å². The van der Waals surface area contributed by atoms with Crippen LogP contribution < -0.4 is 0 Å². The molecular formula is C30H21IO4. The highest BCUT2D eigenvalue weighted by Crippen LogP contribution is 2.55. The van der Waals surface area contributed by atoms with Crippen LogP contribution in [0.2, 0.25) is 0 Å². The zero-order valence-corrected chi connectivity index (χ0v) is 20.8. The Labute approximate surface area is 217 Å². The third-order valence-electron chi connectivity index (χ3n) is 6.88. The van der Waals surface area contributed by atoms with Gasteiger partial charge in [0.25, 0.3) is 0 Å². The first-order chi connectivity index (χ1) is 17.1. The number of fused-ring (bicyclic) bond motifs is 1. The van der Waals surface area contributed by atoms with Crippen molar-refractivity contribution in [1.82, 2.24) is 0 Å². The lowest BCUT2D eigenvalue weighted by atomic mass is 9.61. The Kier molecular flexibility index (Phi) is 5.65. The molecule has 35 heavy (non-hydrogen) atoms. The predicted octanol–water partition coefficient (Wildman–Crippen LogP) is 6.33. The van der Waals surface area contributed by atoms with Crippen LogP contribution in [0.5, 0.6) is 0 Å². The highest BCUT2D eigenvalue weighted by molar-refractivity contribution is 14.1. The summed E-state index contributed by atoms with van der Waals surface area (Å²) in [6.07, 6.45) is -1.31. The van der Waals surface area contributed by atoms with E-state index in [9.17, 15) is 9.59 Å². The van der Waals surface area contributed by atoms with E-state index in [1.807, 2.05) is 54.6 Å². The average molecular weight is 572 g/mol. The number of ether oxygens (including phenoxy) is 2. The van der Waals surface area contributed by atoms with Crippen LogP contribution in [0, 0.1) is 3.57 Å². The smallest absolute Gasteiger partial charge is 0.338 e. The van der Waals surface area contributed by atoms with Crippen molar-refractivity contribution in [3.63, 3.8) is 0 Å². The summed E-state index contributed by atoms with van der Waals surface area (Å²) in [5, 5.41) is 0. The second kappa shape index (κ2) is 8.96. The van der Waals surface area contributed by atoms with Gasteiger partial charge in [-0.25, -0.2) is 9.59 Å². The number of hydrogen-bond donors (Lipinski definition) is 0. The Morgan fingerprint density at radius 2 is 1.00 bits per heavy atom. The molecule has 0 saturated carbocycles. The number of halogens is 1. The summed E-state index contributed by atoms with van der Waals surface area (Å²) in [5.74, 6) is -1.31. The zero-order chi connectivity index (χ0) is 23.9. The van der Waals surface area contributed by atoms with Gasteiger partial charge < -0.3 is 9.47 Å². The molecule has 0 amide bonds. The van der Waals surface area contributed by atoms with Crippen molar-refractivity contribution in [2.45, 2.75) is 24.0 Å². The Balaban J connectivity index is 1.48. The highest BCUT2D eigenvalue weighted by Gasteiger charge is 2.54. The zero-order valence-electron chi connectivity index (χ0n) is 18.6. The van der Waals surface area contributed by atoms with Gasteiger partial charge in [0, 0.05) is 3.57 Å². The van der Waals surface area contributed by atoms with Gasteiger partial charge in [0.15, 0.2) is 12.2 Å². The van der Waals surface area contributed by atoms with Gasteiger partial charge in [-0.2, -0.15) is 0 Å². The summed E-state index contributed by atoms with van der Waals surface area (Å²) < 4.78 is 13.5. The topological polar surface area (TPSA) is 52.6 Å². The van der Waals surface area contributed by atoms with Gasteiger partial charge in [0.1, 0.15) is 0 Å². The second-order valence-electron chi connectivity index (χ2n) is 8.80. The number of esters is 2. The van der Waals surface area contributed by atoms with Gasteiger partial charge in [0.05, 0.1) is 23.0 Å². The van der Waals surface area contributed by atoms with Crippen LogP contribution in [0.1, 0.15) is 54.8 Å². The lowest BCUT2D eigenvalue weighted by molar-refractivity contribution is -0.0558. The monoisotopic (exact) mass is 572 g/mol. The predicted molar refractivity (Wildman–Crippen MR) is 141 cm³/mol. The molecule has 4 nitrogen and oxygen atoms in total. The summed E-state index contributed by atoms with van der Waals surface area (Å²) in [4.78, 5) is 26.5. The number of rotatable bonds is 4. The van der Waals surface area contributed by atoms with Crippen LogP contribution in [0.4, 0.5) is 0 Å². The van der Waals surface area contributed by atoms with E-state index >= 15 is 0 Å². The van der Waals surface area contributed by atoms with E-state index in [0.29, 0.717) is 11.1 Å². The maximum atomic E-state index is 13.2. The van der Waals surface area contributed by atoms with E-state index in [0.717, 1.165) is 25.8 Å². The average Bonchev–Trinajstić information content (AvgIpc) is 2.91. The normalized spacial score (nSPS) is 21.5. The maximum absolute atomic E-state index is 13.2. The van der Waals surface area contributed by atoms with Gasteiger partial charge in [-0.15, -0.1) is 0 Å². The van der Waals surface area contributed by atoms with Crippen molar-refractivity contribution in [3.8, 4) is 0 Å². The summed E-state index contributed by atoms with van der Waals surface area (Å²) in [6, 6.07) is 32.3. The molecule has 4 atom stereocenters. The number of hydrogen-bond acceptors (Lipinski definition) is 4. The van der Waals surface area contributed by atoms with Crippen molar-refractivity contribution < 1.29 is 19.1 Å². The molecular weight excluding hydrogens is 551 g/mol. The van der Waals surface area contributed by atoms with Crippen LogP contribution in [-0.2, 0) is 9.47 Å². The lowest BCUT2D eigenvalue weighted by Gasteiger charge is -2.49. The molecule has 0 spiro atoms. The summed E-state index contributed by atoms with van der Waals surface area (Å²) in [6.45, 7) is 0. The van der Waals surface area contributed by atoms with Crippen molar-refractivity contribution in [3.05, 3.63) is 140 Å². The molecule has 2 bridgehead atoms. The SMILES string of the molecule is O=C(OC1C(OC(=O)c2ccccc2)[C@@H]2c3ccccc3[C@@H]1c1cccc(I)c12)c1ccccc1. The van der Waals surface area contributed by atoms with Crippen LogP contribution in [0.3, 0.4) is 0 Å². The molecule has 4 aromatic carbocycles. The quantitative estimate of drug-likeness (QED) is 0.212. The molecule has 0 radical (unpaired) electrons. The fourth-order valence-corrected chi connectivity index (χ4v) is 6.28. The van der Waals surface area contributed by atoms with E-state index in [4.69, 9.17) is 9.47 Å². The molecule has 5 heteroatoms. The largest absolute Gasteiger partial charge is 0.454 e. The Morgan fingerprint density at radius 3 is 1.57 bits per heavy atom. The van der Waals surface area contributed by atoms with Crippen LogP contribution in [0.25, 0.3) is 0 Å². The summed E-state index contributed by atoms with van der Waals surface area (Å²) in [7, 11) is 0. The molecule has 0 N–H and O–H groups in total. The van der Waals surface area contributed by atoms with E-state index in [1.54, 1.807) is 24.3 Å². The van der Waals surface area contributed by atoms with Crippen LogP contribution in [-0.4, -0.2) is 24.1 Å². The van der Waals surface area contributed by atoms with E-state index in [2.05, 4.69) is 46.9 Å². The Bertz CT molecular complexity index is 1420. The van der Waals surface area contributed by atoms with E-state index < -0.39 is 24.1 Å². The highest BCUT2D eigenvalue weighted by atomic mass is 127. The number of carbonyl (C=O) groups excluding carboxylic acids is 2. The molecule has 3 aliphatic carbocycles. The third-order valence-corrected chi connectivity index (χ3v) is 7.83. The molecule has 0 aliphatic heterocycles. The molecule has 3 aliphatic rings. The van der Waals surface area contributed by atoms with Gasteiger partial charge in [0.2, 0.25) is 0 Å². The number of benzene rings is 4. The molecule has 0 saturated heterocycles. The first-order valence-corrected chi connectivity index (χ1v) is 12.6. The van der Waals surface area contributed by atoms with Crippen molar-refractivity contribution in [1.29, 1.82) is 0 Å². The summed E-state index contributed by atoms with van der Waals surface area (Å²) >= 11 is 2.35. The summed E-state index contributed by atoms with van der Waals surface area (Å²) in [5.41, 5.74) is 5.45. The molecule has 2 unspecified atom stereocenters. The van der Waals surface area contributed by atoms with Crippen LogP contribution >= 0.6 is 22.6 Å². The third kappa shape index (κ3) is 3.74. The first kappa shape index (κ1) is 22.0. The molecule has 0 fully saturated rings. The standard InChI is InChI=1S/C30H21IO4/c31-23-17-9-16-22-24-20-14-7-8-15-21(20)26(25(22)23)28(35-30(33)19-12-5-2-6-13-19)27(24)34-29(32)18-10-3-1-4-11-18/h1-17,24,26-28H/t24-,26-,27?,28?/m1/s1. The second-order valence-corrected chi connectivity index (χ2v) is 9.96. The molecule has 7 rings (SSSR count). The van der Waals surface area contributed by atoms with Crippen molar-refractivity contribution >= 4 is 34.5 Å². The van der Waals surface area contributed by atoms with Crippen molar-refractivity contribution in [2.75, 3.05) is 0 Å². The molecule has 4 aromatic rings. The molecule has 172 valence electrons. The fraction of sp³-hybridized carbons (Fsp3) is 0.133. The first-order valence-electron chi connectivity index (χ1n) is 11.5. The molecule has 0 heterocycles. The fourth-order valence-electron chi connectivity index (χ4n) is 5.43. The van der Waals surface area contributed by atoms with Crippen molar-refractivity contribution in [2.24, 2.45) is 0 Å². The lowest BCUT2D eigenvalue weighted by Crippen LogP contribution is -2.51. The van der Waals surface area contributed by atoms with Gasteiger partial charge in [-0.05, 0) is 75.2 Å². The number of carbonyl (C=O) groups is 2. The van der Waals surface area contributed by atoms with Gasteiger partial charge in [-0.3, -0.25) is 0 Å². The minimum atomic E-state index is -0.654. The van der Waals surface area contributed by atoms with E-state index in [-0.39, 0.29) is 11.8 Å². The Morgan fingerprint density at radius 1 is 0.543 bits per heavy atom. The minimum absolute atomic E-state index is 0.234.